The summed E-state index contributed by atoms with van der Waals surface area (Å²) in [6.07, 6.45) is 3.98. The zero-order valence-corrected chi connectivity index (χ0v) is 10.4. The molecule has 0 saturated heterocycles. The molecule has 5 heteroatoms. The Bertz CT molecular complexity index is 459. The highest BCUT2D eigenvalue weighted by Crippen LogP contribution is 2.17. The number of Topliss-reactive ketones (excluding diaryl/α,β-unsaturated/α-hetero) is 1. The lowest BCUT2D eigenvalue weighted by atomic mass is 10.2. The third kappa shape index (κ3) is 2.95. The van der Waals surface area contributed by atoms with Crippen molar-refractivity contribution in [3.05, 3.63) is 17.8 Å². The average Bonchev–Trinajstić information content (AvgIpc) is 2.66. The Balaban J connectivity index is 2.90. The number of hydrogen-bond acceptors (Lipinski definition) is 3. The molecule has 0 saturated carbocycles. The number of nitrogens with one attached hydrogen (secondary N) is 1. The van der Waals surface area contributed by atoms with Crippen LogP contribution in [0, 0.1) is 0 Å². The Hall–Kier alpha value is -1.10. The number of hydrogen-bond donors (Lipinski definition) is 1. The third-order valence-electron chi connectivity index (χ3n) is 2.42. The average molecular weight is 243 g/mol. The number of sulfone groups is 1. The van der Waals surface area contributed by atoms with E-state index in [1.807, 2.05) is 6.92 Å². The van der Waals surface area contributed by atoms with E-state index in [1.54, 1.807) is 0 Å². The number of rotatable bonds is 6. The minimum atomic E-state index is -3.34. The van der Waals surface area contributed by atoms with E-state index in [0.717, 1.165) is 12.8 Å². The summed E-state index contributed by atoms with van der Waals surface area (Å²) in [5.74, 6) is -0.128. The Labute approximate surface area is 96.0 Å². The Morgan fingerprint density at radius 1 is 1.38 bits per heavy atom. The fourth-order valence-corrected chi connectivity index (χ4v) is 3.12. The maximum absolute atomic E-state index is 11.9. The van der Waals surface area contributed by atoms with Crippen molar-refractivity contribution in [1.29, 1.82) is 0 Å². The van der Waals surface area contributed by atoms with Crippen molar-refractivity contribution in [3.8, 4) is 0 Å². The molecule has 1 aromatic heterocycles. The van der Waals surface area contributed by atoms with Crippen molar-refractivity contribution in [2.75, 3.05) is 5.75 Å². The zero-order chi connectivity index (χ0) is 12.2. The molecule has 0 aliphatic heterocycles. The normalized spacial score (nSPS) is 11.6. The molecule has 0 bridgehead atoms. The Morgan fingerprint density at radius 3 is 2.62 bits per heavy atom. The quantitative estimate of drug-likeness (QED) is 0.615. The molecule has 0 radical (unpaired) electrons. The summed E-state index contributed by atoms with van der Waals surface area (Å²) in [4.78, 5) is 13.9. The summed E-state index contributed by atoms with van der Waals surface area (Å²) in [5.41, 5.74) is 0.261. The molecule has 0 atom stereocenters. The first-order valence-corrected chi connectivity index (χ1v) is 7.05. The van der Waals surface area contributed by atoms with Crippen LogP contribution in [-0.2, 0) is 9.84 Å². The second kappa shape index (κ2) is 5.30. The van der Waals surface area contributed by atoms with Gasteiger partial charge in [0.25, 0.3) is 0 Å². The van der Waals surface area contributed by atoms with Gasteiger partial charge in [-0.05, 0) is 19.4 Å². The van der Waals surface area contributed by atoms with Gasteiger partial charge in [-0.3, -0.25) is 4.79 Å². The Morgan fingerprint density at radius 2 is 2.06 bits per heavy atom. The van der Waals surface area contributed by atoms with Crippen molar-refractivity contribution >= 4 is 15.6 Å². The van der Waals surface area contributed by atoms with Crippen LogP contribution in [0.15, 0.2) is 17.3 Å². The predicted molar refractivity (Wildman–Crippen MR) is 62.4 cm³/mol. The van der Waals surface area contributed by atoms with Gasteiger partial charge in [-0.15, -0.1) is 0 Å². The molecular formula is C11H17NO3S. The van der Waals surface area contributed by atoms with Crippen LogP contribution in [0.25, 0.3) is 0 Å². The van der Waals surface area contributed by atoms with Gasteiger partial charge in [0.15, 0.2) is 15.6 Å². The summed E-state index contributed by atoms with van der Waals surface area (Å²) in [5, 5.41) is 0.0658. The molecule has 0 unspecified atom stereocenters. The lowest BCUT2D eigenvalue weighted by Crippen LogP contribution is -2.11. The number of aromatic nitrogens is 1. The number of aromatic amines is 1. The summed E-state index contributed by atoms with van der Waals surface area (Å²) < 4.78 is 23.8. The van der Waals surface area contributed by atoms with Crippen LogP contribution in [0.1, 0.15) is 43.5 Å². The van der Waals surface area contributed by atoms with Gasteiger partial charge in [-0.25, -0.2) is 8.42 Å². The molecule has 0 amide bonds. The fourth-order valence-electron chi connectivity index (χ4n) is 1.53. The van der Waals surface area contributed by atoms with E-state index in [2.05, 4.69) is 4.98 Å². The fraction of sp³-hybridized carbons (Fsp3) is 0.545. The molecule has 0 aromatic carbocycles. The second-order valence-electron chi connectivity index (χ2n) is 3.80. The standard InChI is InChI=1S/C11H17NO3S/c1-3-4-5-8-16(14,15)11-10(9(2)13)6-7-12-11/h6-7,12H,3-5,8H2,1-2H3. The number of ketones is 1. The molecule has 4 nitrogen and oxygen atoms in total. The molecule has 0 spiro atoms. The lowest BCUT2D eigenvalue weighted by molar-refractivity contribution is 0.101. The van der Waals surface area contributed by atoms with Gasteiger partial charge in [-0.1, -0.05) is 19.8 Å². The van der Waals surface area contributed by atoms with Gasteiger partial charge in [-0.2, -0.15) is 0 Å². The highest BCUT2D eigenvalue weighted by Gasteiger charge is 2.21. The molecule has 1 heterocycles. The van der Waals surface area contributed by atoms with E-state index in [1.165, 1.54) is 19.2 Å². The molecular weight excluding hydrogens is 226 g/mol. The van der Waals surface area contributed by atoms with Crippen LogP contribution in [0.4, 0.5) is 0 Å². The van der Waals surface area contributed by atoms with E-state index in [0.29, 0.717) is 6.42 Å². The number of H-pyrrole nitrogens is 1. The minimum absolute atomic E-state index is 0.0658. The zero-order valence-electron chi connectivity index (χ0n) is 9.62. The molecule has 1 N–H and O–H groups in total. The maximum Gasteiger partial charge on any atom is 0.194 e. The van der Waals surface area contributed by atoms with Crippen molar-refractivity contribution in [1.82, 2.24) is 4.98 Å². The monoisotopic (exact) mass is 243 g/mol. The summed E-state index contributed by atoms with van der Waals surface area (Å²) in [7, 11) is -3.34. The topological polar surface area (TPSA) is 67.0 Å². The SMILES string of the molecule is CCCCCS(=O)(=O)c1[nH]ccc1C(C)=O. The van der Waals surface area contributed by atoms with Gasteiger partial charge in [0.1, 0.15) is 5.03 Å². The molecule has 1 rings (SSSR count). The Kier molecular flexibility index (Phi) is 4.29. The molecule has 0 fully saturated rings. The van der Waals surface area contributed by atoms with Gasteiger partial charge < -0.3 is 4.98 Å². The van der Waals surface area contributed by atoms with Crippen LogP contribution < -0.4 is 0 Å². The maximum atomic E-state index is 11.9. The van der Waals surface area contributed by atoms with Crippen LogP contribution in [0.5, 0.6) is 0 Å². The van der Waals surface area contributed by atoms with E-state index in [4.69, 9.17) is 0 Å². The molecule has 0 aliphatic carbocycles. The minimum Gasteiger partial charge on any atom is -0.352 e. The summed E-state index contributed by atoms with van der Waals surface area (Å²) in [6.45, 7) is 3.39. The van der Waals surface area contributed by atoms with Gasteiger partial charge >= 0.3 is 0 Å². The molecule has 0 aliphatic rings. The summed E-state index contributed by atoms with van der Waals surface area (Å²) in [6, 6.07) is 1.51. The van der Waals surface area contributed by atoms with Crippen LogP contribution >= 0.6 is 0 Å². The van der Waals surface area contributed by atoms with Crippen molar-refractivity contribution < 1.29 is 13.2 Å². The molecule has 16 heavy (non-hydrogen) atoms. The largest absolute Gasteiger partial charge is 0.352 e. The van der Waals surface area contributed by atoms with E-state index in [-0.39, 0.29) is 22.1 Å². The number of carbonyl (C=O) groups is 1. The van der Waals surface area contributed by atoms with Crippen LogP contribution in [0.3, 0.4) is 0 Å². The molecule has 1 aromatic rings. The second-order valence-corrected chi connectivity index (χ2v) is 5.85. The van der Waals surface area contributed by atoms with E-state index in [9.17, 15) is 13.2 Å². The lowest BCUT2D eigenvalue weighted by Gasteiger charge is -2.03. The predicted octanol–water partition coefficient (Wildman–Crippen LogP) is 2.18. The van der Waals surface area contributed by atoms with Gasteiger partial charge in [0.05, 0.1) is 11.3 Å². The smallest absolute Gasteiger partial charge is 0.194 e. The van der Waals surface area contributed by atoms with E-state index < -0.39 is 9.84 Å². The van der Waals surface area contributed by atoms with Crippen LogP contribution in [-0.4, -0.2) is 24.9 Å². The first-order valence-electron chi connectivity index (χ1n) is 5.40. The first kappa shape index (κ1) is 13.0. The van der Waals surface area contributed by atoms with Crippen molar-refractivity contribution in [2.24, 2.45) is 0 Å². The first-order chi connectivity index (χ1) is 7.49. The molecule has 90 valence electrons. The number of carbonyl (C=O) groups excluding carboxylic acids is 1. The van der Waals surface area contributed by atoms with Gasteiger partial charge in [0.2, 0.25) is 0 Å². The van der Waals surface area contributed by atoms with E-state index >= 15 is 0 Å². The van der Waals surface area contributed by atoms with Crippen molar-refractivity contribution in [3.63, 3.8) is 0 Å². The van der Waals surface area contributed by atoms with Gasteiger partial charge in [0, 0.05) is 6.20 Å². The number of unbranched alkanes of at least 4 members (excludes halogenated alkanes) is 2. The third-order valence-corrected chi connectivity index (χ3v) is 4.20. The summed E-state index contributed by atoms with van der Waals surface area (Å²) >= 11 is 0. The van der Waals surface area contributed by atoms with Crippen molar-refractivity contribution in [2.45, 2.75) is 38.1 Å². The highest BCUT2D eigenvalue weighted by atomic mass is 32.2. The van der Waals surface area contributed by atoms with Crippen LogP contribution in [0.2, 0.25) is 0 Å². The highest BCUT2D eigenvalue weighted by molar-refractivity contribution is 7.91.